The van der Waals surface area contributed by atoms with Crippen molar-refractivity contribution in [2.75, 3.05) is 26.2 Å². The normalized spacial score (nSPS) is 20.0. The molecule has 3 nitrogen and oxygen atoms in total. The molecule has 0 spiro atoms. The van der Waals surface area contributed by atoms with E-state index in [2.05, 4.69) is 41.2 Å². The Bertz CT molecular complexity index is 1020. The quantitative estimate of drug-likeness (QED) is 0.570. The number of halogens is 1. The maximum absolute atomic E-state index is 13.7. The third-order valence-electron chi connectivity index (χ3n) is 6.91. The molecule has 4 heteroatoms. The fourth-order valence-electron chi connectivity index (χ4n) is 5.43. The van der Waals surface area contributed by atoms with Crippen LogP contribution in [-0.2, 0) is 12.8 Å². The van der Waals surface area contributed by atoms with Gasteiger partial charge in [-0.25, -0.2) is 4.39 Å². The van der Waals surface area contributed by atoms with Crippen LogP contribution in [0.25, 0.3) is 10.9 Å². The molecular formula is C26H31FN2O. The molecule has 30 heavy (non-hydrogen) atoms. The van der Waals surface area contributed by atoms with Gasteiger partial charge in [0, 0.05) is 23.6 Å². The number of rotatable bonds is 6. The summed E-state index contributed by atoms with van der Waals surface area (Å²) in [6, 6.07) is 11.6. The van der Waals surface area contributed by atoms with E-state index in [0.29, 0.717) is 11.8 Å². The smallest absolute Gasteiger partial charge is 0.123 e. The lowest BCUT2D eigenvalue weighted by Gasteiger charge is -2.33. The second-order valence-corrected chi connectivity index (χ2v) is 9.03. The number of aromatic amines is 1. The lowest BCUT2D eigenvalue weighted by Crippen LogP contribution is -2.36. The van der Waals surface area contributed by atoms with E-state index in [4.69, 9.17) is 4.74 Å². The van der Waals surface area contributed by atoms with E-state index in [1.807, 2.05) is 6.07 Å². The molecule has 0 amide bonds. The summed E-state index contributed by atoms with van der Waals surface area (Å²) in [4.78, 5) is 5.95. The molecule has 0 bridgehead atoms. The molecule has 1 atom stereocenters. The second-order valence-electron chi connectivity index (χ2n) is 9.03. The van der Waals surface area contributed by atoms with Crippen LogP contribution in [0.2, 0.25) is 0 Å². The highest BCUT2D eigenvalue weighted by Gasteiger charge is 2.29. The number of hydrogen-bond acceptors (Lipinski definition) is 2. The first-order valence-corrected chi connectivity index (χ1v) is 11.4. The molecule has 1 saturated heterocycles. The van der Waals surface area contributed by atoms with Crippen molar-refractivity contribution in [2.24, 2.45) is 5.92 Å². The van der Waals surface area contributed by atoms with Crippen LogP contribution in [0.1, 0.15) is 48.8 Å². The topological polar surface area (TPSA) is 28.3 Å². The minimum Gasteiger partial charge on any atom is -0.493 e. The van der Waals surface area contributed by atoms with Crippen LogP contribution >= 0.6 is 0 Å². The predicted octanol–water partition coefficient (Wildman–Crippen LogP) is 5.69. The summed E-state index contributed by atoms with van der Waals surface area (Å²) >= 11 is 0. The Kier molecular flexibility index (Phi) is 5.51. The maximum Gasteiger partial charge on any atom is 0.123 e. The molecule has 1 N–H and O–H groups in total. The molecule has 158 valence electrons. The molecular weight excluding hydrogens is 375 g/mol. The number of fused-ring (bicyclic) bond motifs is 2. The number of ether oxygens (including phenoxy) is 1. The number of piperidine rings is 1. The van der Waals surface area contributed by atoms with Gasteiger partial charge in [-0.05, 0) is 98.0 Å². The maximum atomic E-state index is 13.7. The molecule has 3 aromatic rings. The Hall–Kier alpha value is -2.33. The number of likely N-dealkylation sites (tertiary alicyclic amines) is 1. The van der Waals surface area contributed by atoms with Crippen LogP contribution in [0.4, 0.5) is 4.39 Å². The minimum absolute atomic E-state index is 0.149. The molecule has 2 aliphatic rings. The molecule has 1 aromatic heterocycles. The summed E-state index contributed by atoms with van der Waals surface area (Å²) in [5.74, 6) is 2.16. The van der Waals surface area contributed by atoms with Crippen molar-refractivity contribution in [2.45, 2.75) is 44.9 Å². The van der Waals surface area contributed by atoms with Crippen molar-refractivity contribution >= 4 is 10.9 Å². The average Bonchev–Trinajstić information content (AvgIpc) is 3.36. The van der Waals surface area contributed by atoms with Crippen molar-refractivity contribution in [3.8, 4) is 5.75 Å². The van der Waals surface area contributed by atoms with Crippen LogP contribution in [-0.4, -0.2) is 36.1 Å². The summed E-state index contributed by atoms with van der Waals surface area (Å²) in [6.45, 7) is 6.36. The van der Waals surface area contributed by atoms with Crippen LogP contribution in [0, 0.1) is 11.7 Å². The highest BCUT2D eigenvalue weighted by molar-refractivity contribution is 5.83. The molecule has 0 radical (unpaired) electrons. The molecule has 1 aliphatic carbocycles. The van der Waals surface area contributed by atoms with Gasteiger partial charge in [-0.3, -0.25) is 0 Å². The number of aromatic nitrogens is 1. The standard InChI is InChI=1S/C26H31FN2O/c1-2-12-30-26-5-3-4-20-13-18(14-22(20)26)17-29-10-8-19(9-11-29)24-16-28-25-7-6-21(27)15-23(24)25/h3-7,15-16,18-19,28H,2,8-14,17H2,1H3. The lowest BCUT2D eigenvalue weighted by molar-refractivity contribution is 0.185. The Morgan fingerprint density at radius 3 is 2.83 bits per heavy atom. The van der Waals surface area contributed by atoms with Crippen molar-refractivity contribution in [1.29, 1.82) is 0 Å². The van der Waals surface area contributed by atoms with Gasteiger partial charge in [0.1, 0.15) is 11.6 Å². The van der Waals surface area contributed by atoms with Gasteiger partial charge in [0.25, 0.3) is 0 Å². The number of benzene rings is 2. The number of nitrogens with zero attached hydrogens (tertiary/aromatic N) is 1. The first-order chi connectivity index (χ1) is 14.7. The van der Waals surface area contributed by atoms with E-state index < -0.39 is 0 Å². The van der Waals surface area contributed by atoms with Crippen LogP contribution < -0.4 is 4.74 Å². The SMILES string of the molecule is CCCOc1cccc2c1CC(CN1CCC(c3c[nH]c4ccc(F)cc34)CC1)C2. The molecule has 1 aliphatic heterocycles. The third kappa shape index (κ3) is 3.85. The summed E-state index contributed by atoms with van der Waals surface area (Å²) in [5.41, 5.74) is 5.24. The van der Waals surface area contributed by atoms with E-state index in [0.717, 1.165) is 68.6 Å². The number of nitrogens with one attached hydrogen (secondary N) is 1. The van der Waals surface area contributed by atoms with E-state index >= 15 is 0 Å². The van der Waals surface area contributed by atoms with Crippen molar-refractivity contribution < 1.29 is 9.13 Å². The van der Waals surface area contributed by atoms with Crippen LogP contribution in [0.5, 0.6) is 5.75 Å². The zero-order valence-electron chi connectivity index (χ0n) is 17.8. The average molecular weight is 407 g/mol. The zero-order chi connectivity index (χ0) is 20.5. The van der Waals surface area contributed by atoms with Gasteiger partial charge in [0.2, 0.25) is 0 Å². The Morgan fingerprint density at radius 2 is 2.00 bits per heavy atom. The first kappa shape index (κ1) is 19.6. The van der Waals surface area contributed by atoms with Crippen LogP contribution in [0.3, 0.4) is 0 Å². The molecule has 5 rings (SSSR count). The second kappa shape index (κ2) is 8.43. The van der Waals surface area contributed by atoms with Gasteiger partial charge in [0.05, 0.1) is 6.61 Å². The largest absolute Gasteiger partial charge is 0.493 e. The van der Waals surface area contributed by atoms with Crippen molar-refractivity contribution in [1.82, 2.24) is 9.88 Å². The third-order valence-corrected chi connectivity index (χ3v) is 6.91. The van der Waals surface area contributed by atoms with E-state index in [1.165, 1.54) is 29.2 Å². The van der Waals surface area contributed by atoms with Gasteiger partial charge in [-0.2, -0.15) is 0 Å². The molecule has 0 saturated carbocycles. The predicted molar refractivity (Wildman–Crippen MR) is 120 cm³/mol. The van der Waals surface area contributed by atoms with E-state index in [-0.39, 0.29) is 5.82 Å². The fourth-order valence-corrected chi connectivity index (χ4v) is 5.43. The molecule has 1 fully saturated rings. The van der Waals surface area contributed by atoms with Gasteiger partial charge in [-0.1, -0.05) is 19.1 Å². The highest BCUT2D eigenvalue weighted by Crippen LogP contribution is 2.37. The summed E-state index contributed by atoms with van der Waals surface area (Å²) in [6.07, 6.45) is 7.74. The van der Waals surface area contributed by atoms with Gasteiger partial charge in [-0.15, -0.1) is 0 Å². The number of H-pyrrole nitrogens is 1. The number of hydrogen-bond donors (Lipinski definition) is 1. The van der Waals surface area contributed by atoms with E-state index in [9.17, 15) is 4.39 Å². The Morgan fingerprint density at radius 1 is 1.13 bits per heavy atom. The first-order valence-electron chi connectivity index (χ1n) is 11.4. The summed E-state index contributed by atoms with van der Waals surface area (Å²) in [7, 11) is 0. The van der Waals surface area contributed by atoms with Crippen molar-refractivity contribution in [3.05, 3.63) is 65.1 Å². The minimum atomic E-state index is -0.149. The monoisotopic (exact) mass is 406 g/mol. The van der Waals surface area contributed by atoms with Crippen molar-refractivity contribution in [3.63, 3.8) is 0 Å². The summed E-state index contributed by atoms with van der Waals surface area (Å²) < 4.78 is 19.7. The lowest BCUT2D eigenvalue weighted by atomic mass is 9.88. The Balaban J connectivity index is 1.19. The molecule has 2 heterocycles. The van der Waals surface area contributed by atoms with E-state index in [1.54, 1.807) is 6.07 Å². The fraction of sp³-hybridized carbons (Fsp3) is 0.462. The molecule has 2 aromatic carbocycles. The summed E-state index contributed by atoms with van der Waals surface area (Å²) in [5, 5.41) is 1.05. The van der Waals surface area contributed by atoms with Crippen LogP contribution in [0.15, 0.2) is 42.6 Å². The van der Waals surface area contributed by atoms with Gasteiger partial charge >= 0.3 is 0 Å². The highest BCUT2D eigenvalue weighted by atomic mass is 19.1. The van der Waals surface area contributed by atoms with Gasteiger partial charge < -0.3 is 14.6 Å². The Labute approximate surface area is 178 Å². The zero-order valence-corrected chi connectivity index (χ0v) is 17.8. The molecule has 1 unspecified atom stereocenters. The van der Waals surface area contributed by atoms with Gasteiger partial charge in [0.15, 0.2) is 0 Å².